The molecular weight excluding hydrogens is 276 g/mol. The van der Waals surface area contributed by atoms with Gasteiger partial charge in [0.1, 0.15) is 5.75 Å². The molecule has 22 heavy (non-hydrogen) atoms. The minimum absolute atomic E-state index is 0.239. The topological polar surface area (TPSA) is 41.6 Å². The van der Waals surface area contributed by atoms with Gasteiger partial charge in [0.2, 0.25) is 5.91 Å². The predicted molar refractivity (Wildman–Crippen MR) is 87.1 cm³/mol. The van der Waals surface area contributed by atoms with Crippen molar-refractivity contribution in [1.29, 1.82) is 0 Å². The number of benzene rings is 1. The lowest BCUT2D eigenvalue weighted by Gasteiger charge is -2.41. The number of rotatable bonds is 3. The molecule has 2 saturated heterocycles. The first-order chi connectivity index (χ1) is 10.8. The Bertz CT molecular complexity index is 518. The molecule has 2 atom stereocenters. The molecule has 1 N–H and O–H groups in total. The van der Waals surface area contributed by atoms with E-state index in [1.54, 1.807) is 7.11 Å². The van der Waals surface area contributed by atoms with Crippen LogP contribution in [-0.2, 0) is 11.2 Å². The third kappa shape index (κ3) is 3.27. The molecule has 1 amide bonds. The molecule has 0 spiro atoms. The zero-order valence-electron chi connectivity index (χ0n) is 13.4. The number of fused-ring (bicyclic) bond motifs is 1. The molecule has 0 radical (unpaired) electrons. The van der Waals surface area contributed by atoms with Gasteiger partial charge in [-0.1, -0.05) is 24.6 Å². The Morgan fingerprint density at radius 1 is 1.27 bits per heavy atom. The lowest BCUT2D eigenvalue weighted by atomic mass is 9.92. The number of hydrogen-bond donors (Lipinski definition) is 1. The van der Waals surface area contributed by atoms with Crippen LogP contribution in [0.1, 0.15) is 37.7 Å². The van der Waals surface area contributed by atoms with E-state index in [9.17, 15) is 4.79 Å². The summed E-state index contributed by atoms with van der Waals surface area (Å²) in [5, 5.41) is 3.64. The van der Waals surface area contributed by atoms with E-state index in [2.05, 4.69) is 10.2 Å². The van der Waals surface area contributed by atoms with E-state index in [0.29, 0.717) is 18.5 Å². The van der Waals surface area contributed by atoms with E-state index in [1.165, 1.54) is 19.3 Å². The fraction of sp³-hybridized carbons (Fsp3) is 0.611. The van der Waals surface area contributed by atoms with Gasteiger partial charge in [-0.25, -0.2) is 0 Å². The minimum atomic E-state index is 0.239. The highest BCUT2D eigenvalue weighted by Crippen LogP contribution is 2.26. The van der Waals surface area contributed by atoms with Gasteiger partial charge in [-0.3, -0.25) is 4.79 Å². The molecule has 4 heteroatoms. The van der Waals surface area contributed by atoms with Gasteiger partial charge in [-0.15, -0.1) is 0 Å². The third-order valence-electron chi connectivity index (χ3n) is 4.97. The van der Waals surface area contributed by atoms with E-state index in [-0.39, 0.29) is 5.91 Å². The summed E-state index contributed by atoms with van der Waals surface area (Å²) in [6, 6.07) is 8.69. The Kier molecular flexibility index (Phi) is 4.98. The van der Waals surface area contributed by atoms with Crippen LogP contribution in [0.15, 0.2) is 24.3 Å². The molecule has 1 aromatic rings. The van der Waals surface area contributed by atoms with Crippen molar-refractivity contribution in [2.75, 3.05) is 20.2 Å². The summed E-state index contributed by atoms with van der Waals surface area (Å²) in [5.41, 5.74) is 0.985. The van der Waals surface area contributed by atoms with Gasteiger partial charge in [0.05, 0.1) is 13.5 Å². The summed E-state index contributed by atoms with van der Waals surface area (Å²) < 4.78 is 5.38. The van der Waals surface area contributed by atoms with Crippen LogP contribution in [0, 0.1) is 0 Å². The number of para-hydroxylation sites is 1. The lowest BCUT2D eigenvalue weighted by Crippen LogP contribution is -2.55. The van der Waals surface area contributed by atoms with Crippen molar-refractivity contribution in [2.45, 2.75) is 50.6 Å². The molecule has 0 saturated carbocycles. The predicted octanol–water partition coefficient (Wildman–Crippen LogP) is 2.37. The summed E-state index contributed by atoms with van der Waals surface area (Å²) in [5.74, 6) is 1.05. The first-order valence-electron chi connectivity index (χ1n) is 8.44. The van der Waals surface area contributed by atoms with Crippen molar-refractivity contribution >= 4 is 5.91 Å². The number of methoxy groups -OCH3 is 1. The number of amides is 1. The van der Waals surface area contributed by atoms with Crippen molar-refractivity contribution in [1.82, 2.24) is 10.2 Å². The summed E-state index contributed by atoms with van der Waals surface area (Å²) >= 11 is 0. The summed E-state index contributed by atoms with van der Waals surface area (Å²) in [7, 11) is 1.66. The van der Waals surface area contributed by atoms with E-state index < -0.39 is 0 Å². The van der Waals surface area contributed by atoms with Crippen molar-refractivity contribution < 1.29 is 9.53 Å². The molecule has 0 unspecified atom stereocenters. The lowest BCUT2D eigenvalue weighted by molar-refractivity contribution is -0.135. The van der Waals surface area contributed by atoms with Crippen LogP contribution < -0.4 is 10.1 Å². The summed E-state index contributed by atoms with van der Waals surface area (Å²) in [6.45, 7) is 1.99. The van der Waals surface area contributed by atoms with Crippen LogP contribution >= 0.6 is 0 Å². The van der Waals surface area contributed by atoms with E-state index in [1.807, 2.05) is 24.3 Å². The Balaban J connectivity index is 1.73. The number of piperidine rings is 1. The number of likely N-dealkylation sites (tertiary alicyclic amines) is 1. The molecule has 2 heterocycles. The Labute approximate surface area is 132 Å². The average Bonchev–Trinajstić information content (AvgIpc) is 2.80. The average molecular weight is 302 g/mol. The Morgan fingerprint density at radius 3 is 3.00 bits per heavy atom. The maximum atomic E-state index is 12.8. The number of nitrogens with one attached hydrogen (secondary N) is 1. The second kappa shape index (κ2) is 7.14. The van der Waals surface area contributed by atoms with Gasteiger partial charge >= 0.3 is 0 Å². The van der Waals surface area contributed by atoms with Crippen molar-refractivity contribution in [3.8, 4) is 5.75 Å². The quantitative estimate of drug-likeness (QED) is 0.932. The van der Waals surface area contributed by atoms with Gasteiger partial charge in [-0.2, -0.15) is 0 Å². The fourth-order valence-electron chi connectivity index (χ4n) is 3.84. The van der Waals surface area contributed by atoms with E-state index in [4.69, 9.17) is 4.74 Å². The fourth-order valence-corrected chi connectivity index (χ4v) is 3.84. The second-order valence-electron chi connectivity index (χ2n) is 6.34. The molecule has 120 valence electrons. The maximum Gasteiger partial charge on any atom is 0.227 e. The number of carbonyl (C=O) groups excluding carboxylic acids is 1. The number of hydrogen-bond acceptors (Lipinski definition) is 3. The molecule has 0 aromatic heterocycles. The van der Waals surface area contributed by atoms with Gasteiger partial charge in [-0.05, 0) is 38.3 Å². The normalized spacial score (nSPS) is 25.2. The third-order valence-corrected chi connectivity index (χ3v) is 4.97. The SMILES string of the molecule is COc1ccccc1CC(=O)N1CCC[C@H]2NCCCC[C@@H]21. The van der Waals surface area contributed by atoms with Gasteiger partial charge < -0.3 is 15.0 Å². The van der Waals surface area contributed by atoms with E-state index >= 15 is 0 Å². The molecular formula is C18H26N2O2. The zero-order chi connectivity index (χ0) is 15.4. The molecule has 0 bridgehead atoms. The first kappa shape index (κ1) is 15.3. The van der Waals surface area contributed by atoms with Gasteiger partial charge in [0.15, 0.2) is 0 Å². The van der Waals surface area contributed by atoms with Gasteiger partial charge in [0, 0.05) is 24.2 Å². The largest absolute Gasteiger partial charge is 0.496 e. The van der Waals surface area contributed by atoms with Crippen LogP contribution in [0.3, 0.4) is 0 Å². The summed E-state index contributed by atoms with van der Waals surface area (Å²) in [4.78, 5) is 15.0. The van der Waals surface area contributed by atoms with Gasteiger partial charge in [0.25, 0.3) is 0 Å². The Morgan fingerprint density at radius 2 is 2.14 bits per heavy atom. The van der Waals surface area contributed by atoms with Crippen molar-refractivity contribution in [2.24, 2.45) is 0 Å². The van der Waals surface area contributed by atoms with Crippen LogP contribution in [0.2, 0.25) is 0 Å². The maximum absolute atomic E-state index is 12.8. The first-order valence-corrected chi connectivity index (χ1v) is 8.44. The number of nitrogens with zero attached hydrogens (tertiary/aromatic N) is 1. The summed E-state index contributed by atoms with van der Waals surface area (Å²) in [6.07, 6.45) is 6.31. The molecule has 4 nitrogen and oxygen atoms in total. The standard InChI is InChI=1S/C18H26N2O2/c1-22-17-10-3-2-7-14(17)13-18(21)20-12-6-8-15-16(20)9-4-5-11-19-15/h2-3,7,10,15-16,19H,4-6,8-9,11-13H2,1H3/t15-,16+/m1/s1. The molecule has 3 rings (SSSR count). The Hall–Kier alpha value is -1.55. The molecule has 0 aliphatic carbocycles. The van der Waals surface area contributed by atoms with Crippen LogP contribution in [0.4, 0.5) is 0 Å². The van der Waals surface area contributed by atoms with Crippen molar-refractivity contribution in [3.05, 3.63) is 29.8 Å². The zero-order valence-corrected chi connectivity index (χ0v) is 13.4. The monoisotopic (exact) mass is 302 g/mol. The highest BCUT2D eigenvalue weighted by atomic mass is 16.5. The molecule has 2 aliphatic rings. The second-order valence-corrected chi connectivity index (χ2v) is 6.34. The minimum Gasteiger partial charge on any atom is -0.496 e. The number of ether oxygens (including phenoxy) is 1. The molecule has 2 aliphatic heterocycles. The van der Waals surface area contributed by atoms with Crippen LogP contribution in [0.25, 0.3) is 0 Å². The highest BCUT2D eigenvalue weighted by molar-refractivity contribution is 5.80. The van der Waals surface area contributed by atoms with Crippen LogP contribution in [-0.4, -0.2) is 43.1 Å². The molecule has 2 fully saturated rings. The number of carbonyl (C=O) groups is 1. The van der Waals surface area contributed by atoms with Crippen molar-refractivity contribution in [3.63, 3.8) is 0 Å². The van der Waals surface area contributed by atoms with E-state index in [0.717, 1.165) is 37.2 Å². The smallest absolute Gasteiger partial charge is 0.227 e. The van der Waals surface area contributed by atoms with Crippen LogP contribution in [0.5, 0.6) is 5.75 Å². The highest BCUT2D eigenvalue weighted by Gasteiger charge is 2.34. The molecule has 1 aromatic carbocycles.